The lowest BCUT2D eigenvalue weighted by Gasteiger charge is -2.17. The smallest absolute Gasteiger partial charge is 0.337 e. The molecular formula is C12H18O4. The minimum atomic E-state index is -0.833. The van der Waals surface area contributed by atoms with Crippen LogP contribution in [0, 0.1) is 5.41 Å². The van der Waals surface area contributed by atoms with E-state index in [0.717, 1.165) is 6.42 Å². The second-order valence-corrected chi connectivity index (χ2v) is 5.17. The molecule has 90 valence electrons. The lowest BCUT2D eigenvalue weighted by Crippen LogP contribution is -2.19. The molecule has 0 bridgehead atoms. The predicted molar refractivity (Wildman–Crippen MR) is 58.4 cm³/mol. The van der Waals surface area contributed by atoms with E-state index in [1.165, 1.54) is 6.08 Å². The molecule has 16 heavy (non-hydrogen) atoms. The molecule has 0 N–H and O–H groups in total. The molecule has 0 radical (unpaired) electrons. The van der Waals surface area contributed by atoms with Gasteiger partial charge in [0.2, 0.25) is 0 Å². The molecule has 0 saturated carbocycles. The van der Waals surface area contributed by atoms with E-state index in [4.69, 9.17) is 9.47 Å². The molecule has 0 spiro atoms. The lowest BCUT2D eigenvalue weighted by atomic mass is 9.91. The zero-order valence-corrected chi connectivity index (χ0v) is 10.2. The van der Waals surface area contributed by atoms with Crippen LogP contribution in [0.4, 0.5) is 0 Å². The first kappa shape index (κ1) is 12.7. The van der Waals surface area contributed by atoms with Gasteiger partial charge in [-0.25, -0.2) is 4.79 Å². The van der Waals surface area contributed by atoms with E-state index in [1.807, 2.05) is 0 Å². The van der Waals surface area contributed by atoms with Crippen LogP contribution in [-0.2, 0) is 19.1 Å². The Labute approximate surface area is 95.6 Å². The van der Waals surface area contributed by atoms with Crippen LogP contribution >= 0.6 is 0 Å². The van der Waals surface area contributed by atoms with E-state index >= 15 is 0 Å². The molecule has 0 aromatic heterocycles. The molecule has 0 aliphatic carbocycles. The lowest BCUT2D eigenvalue weighted by molar-refractivity contribution is -0.173. The van der Waals surface area contributed by atoms with Crippen molar-refractivity contribution in [3.8, 4) is 0 Å². The van der Waals surface area contributed by atoms with Crippen molar-refractivity contribution in [2.45, 2.75) is 46.8 Å². The molecule has 0 aromatic carbocycles. The van der Waals surface area contributed by atoms with Crippen molar-refractivity contribution in [2.75, 3.05) is 0 Å². The Kier molecular flexibility index (Phi) is 3.73. The number of hydrogen-bond acceptors (Lipinski definition) is 4. The van der Waals surface area contributed by atoms with E-state index in [2.05, 4.69) is 20.8 Å². The van der Waals surface area contributed by atoms with Crippen molar-refractivity contribution in [1.29, 1.82) is 0 Å². The first-order chi connectivity index (χ1) is 7.28. The topological polar surface area (TPSA) is 52.6 Å². The van der Waals surface area contributed by atoms with Gasteiger partial charge in [-0.15, -0.1) is 0 Å². The molecule has 1 aliphatic rings. The number of ether oxygens (including phenoxy) is 2. The Balaban J connectivity index is 2.34. The number of esters is 2. The van der Waals surface area contributed by atoms with Crippen LogP contribution in [0.5, 0.6) is 0 Å². The van der Waals surface area contributed by atoms with Crippen molar-refractivity contribution in [1.82, 2.24) is 0 Å². The van der Waals surface area contributed by atoms with Crippen LogP contribution in [0.3, 0.4) is 0 Å². The number of cyclic esters (lactones) is 1. The summed E-state index contributed by atoms with van der Waals surface area (Å²) in [4.78, 5) is 22.4. The summed E-state index contributed by atoms with van der Waals surface area (Å²) in [5.74, 6) is -0.757. The first-order valence-corrected chi connectivity index (χ1v) is 5.37. The second kappa shape index (κ2) is 4.68. The summed E-state index contributed by atoms with van der Waals surface area (Å²) in [6.45, 7) is 7.80. The van der Waals surface area contributed by atoms with E-state index < -0.39 is 12.3 Å². The van der Waals surface area contributed by atoms with Crippen molar-refractivity contribution >= 4 is 11.9 Å². The first-order valence-electron chi connectivity index (χ1n) is 5.37. The standard InChI is InChI=1S/C12H18O4/c1-8-7-10(16-11(8)14)15-9(13)5-6-12(2,3)4/h7,10H,5-6H2,1-4H3. The van der Waals surface area contributed by atoms with E-state index in [-0.39, 0.29) is 11.4 Å². The largest absolute Gasteiger partial charge is 0.421 e. The molecule has 1 heterocycles. The summed E-state index contributed by atoms with van der Waals surface area (Å²) in [7, 11) is 0. The van der Waals surface area contributed by atoms with Gasteiger partial charge in [0.25, 0.3) is 6.29 Å². The number of carbonyl (C=O) groups is 2. The van der Waals surface area contributed by atoms with Crippen LogP contribution in [0.15, 0.2) is 11.6 Å². The third-order valence-corrected chi connectivity index (χ3v) is 2.26. The van der Waals surface area contributed by atoms with E-state index in [0.29, 0.717) is 12.0 Å². The van der Waals surface area contributed by atoms with Crippen molar-refractivity contribution in [3.63, 3.8) is 0 Å². The molecule has 1 unspecified atom stereocenters. The highest BCUT2D eigenvalue weighted by Crippen LogP contribution is 2.21. The van der Waals surface area contributed by atoms with Gasteiger partial charge in [-0.3, -0.25) is 4.79 Å². The molecular weight excluding hydrogens is 208 g/mol. The summed E-state index contributed by atoms with van der Waals surface area (Å²) in [6, 6.07) is 0. The third-order valence-electron chi connectivity index (χ3n) is 2.26. The number of rotatable bonds is 3. The van der Waals surface area contributed by atoms with Gasteiger partial charge >= 0.3 is 11.9 Å². The highest BCUT2D eigenvalue weighted by molar-refractivity contribution is 5.90. The molecule has 0 aromatic rings. The summed E-state index contributed by atoms with van der Waals surface area (Å²) in [5.41, 5.74) is 0.575. The molecule has 0 fully saturated rings. The molecule has 1 rings (SSSR count). The SMILES string of the molecule is CC1=CC(OC(=O)CCC(C)(C)C)OC1=O. The highest BCUT2D eigenvalue weighted by Gasteiger charge is 2.25. The fraction of sp³-hybridized carbons (Fsp3) is 0.667. The summed E-state index contributed by atoms with van der Waals surface area (Å²) in [5, 5.41) is 0. The quantitative estimate of drug-likeness (QED) is 0.692. The fourth-order valence-electron chi connectivity index (χ4n) is 1.23. The summed E-state index contributed by atoms with van der Waals surface area (Å²) < 4.78 is 9.79. The summed E-state index contributed by atoms with van der Waals surface area (Å²) in [6.07, 6.45) is 1.76. The molecule has 1 aliphatic heterocycles. The molecule has 0 saturated heterocycles. The Bertz CT molecular complexity index is 322. The van der Waals surface area contributed by atoms with Crippen molar-refractivity contribution in [3.05, 3.63) is 11.6 Å². The van der Waals surface area contributed by atoms with Gasteiger partial charge < -0.3 is 9.47 Å². The molecule has 4 heteroatoms. The minimum absolute atomic E-state index is 0.0944. The van der Waals surface area contributed by atoms with Gasteiger partial charge in [0, 0.05) is 18.1 Å². The average Bonchev–Trinajstić information content (AvgIpc) is 2.41. The Hall–Kier alpha value is -1.32. The van der Waals surface area contributed by atoms with Crippen LogP contribution in [0.25, 0.3) is 0 Å². The summed E-state index contributed by atoms with van der Waals surface area (Å²) >= 11 is 0. The van der Waals surface area contributed by atoms with Gasteiger partial charge in [0.15, 0.2) is 0 Å². The molecule has 4 nitrogen and oxygen atoms in total. The second-order valence-electron chi connectivity index (χ2n) is 5.17. The Morgan fingerprint density at radius 3 is 2.56 bits per heavy atom. The van der Waals surface area contributed by atoms with Gasteiger partial charge in [-0.1, -0.05) is 20.8 Å². The monoisotopic (exact) mass is 226 g/mol. The van der Waals surface area contributed by atoms with Crippen LogP contribution in [-0.4, -0.2) is 18.2 Å². The zero-order valence-electron chi connectivity index (χ0n) is 10.2. The predicted octanol–water partition coefficient (Wildman–Crippen LogP) is 2.19. The highest BCUT2D eigenvalue weighted by atomic mass is 16.7. The van der Waals surface area contributed by atoms with Gasteiger partial charge in [0.1, 0.15) is 0 Å². The minimum Gasteiger partial charge on any atom is -0.421 e. The zero-order chi connectivity index (χ0) is 12.3. The Morgan fingerprint density at radius 1 is 1.50 bits per heavy atom. The van der Waals surface area contributed by atoms with Crippen molar-refractivity contribution in [2.24, 2.45) is 5.41 Å². The normalized spacial score (nSPS) is 20.4. The Morgan fingerprint density at radius 2 is 2.12 bits per heavy atom. The van der Waals surface area contributed by atoms with Crippen LogP contribution in [0.2, 0.25) is 0 Å². The van der Waals surface area contributed by atoms with Crippen LogP contribution in [0.1, 0.15) is 40.5 Å². The maximum atomic E-state index is 11.4. The molecule has 0 amide bonds. The van der Waals surface area contributed by atoms with E-state index in [1.54, 1.807) is 6.92 Å². The van der Waals surface area contributed by atoms with E-state index in [9.17, 15) is 9.59 Å². The van der Waals surface area contributed by atoms with Gasteiger partial charge in [0.05, 0.1) is 0 Å². The van der Waals surface area contributed by atoms with Gasteiger partial charge in [-0.2, -0.15) is 0 Å². The maximum absolute atomic E-state index is 11.4. The van der Waals surface area contributed by atoms with Gasteiger partial charge in [-0.05, 0) is 18.8 Å². The third kappa shape index (κ3) is 4.04. The van der Waals surface area contributed by atoms with Crippen molar-refractivity contribution < 1.29 is 19.1 Å². The number of hydrogen-bond donors (Lipinski definition) is 0. The van der Waals surface area contributed by atoms with Crippen LogP contribution < -0.4 is 0 Å². The maximum Gasteiger partial charge on any atom is 0.337 e. The number of carbonyl (C=O) groups excluding carboxylic acids is 2. The average molecular weight is 226 g/mol. The fourth-order valence-corrected chi connectivity index (χ4v) is 1.23. The molecule has 1 atom stereocenters.